The molecule has 0 aliphatic carbocycles. The van der Waals surface area contributed by atoms with Gasteiger partial charge in [0.2, 0.25) is 5.91 Å². The van der Waals surface area contributed by atoms with Crippen LogP contribution in [0.3, 0.4) is 0 Å². The van der Waals surface area contributed by atoms with Crippen LogP contribution in [-0.2, 0) is 21.2 Å². The zero-order chi connectivity index (χ0) is 21.7. The Bertz CT molecular complexity index is 976. The first kappa shape index (κ1) is 22.8. The third-order valence-corrected chi connectivity index (χ3v) is 7.16. The lowest BCUT2D eigenvalue weighted by Crippen LogP contribution is -2.43. The molecule has 2 aromatic carbocycles. The molecule has 162 valence electrons. The van der Waals surface area contributed by atoms with Gasteiger partial charge in [-0.05, 0) is 55.1 Å². The molecule has 1 aliphatic heterocycles. The van der Waals surface area contributed by atoms with Crippen molar-refractivity contribution in [3.63, 3.8) is 0 Å². The van der Waals surface area contributed by atoms with E-state index in [4.69, 9.17) is 11.6 Å². The zero-order valence-electron chi connectivity index (χ0n) is 17.5. The number of nitrogens with one attached hydrogen (secondary N) is 1. The molecular weight excluding hydrogens is 420 g/mol. The predicted octanol–water partition coefficient (Wildman–Crippen LogP) is 4.22. The monoisotopic (exact) mass is 448 g/mol. The molecule has 2 aromatic rings. The van der Waals surface area contributed by atoms with Gasteiger partial charge in [-0.2, -0.15) is 0 Å². The molecule has 1 heterocycles. The van der Waals surface area contributed by atoms with Gasteiger partial charge in [-0.3, -0.25) is 9.69 Å². The lowest BCUT2D eigenvalue weighted by Gasteiger charge is -2.33. The number of likely N-dealkylation sites (tertiary alicyclic amines) is 1. The lowest BCUT2D eigenvalue weighted by atomic mass is 9.95. The van der Waals surface area contributed by atoms with Crippen molar-refractivity contribution in [3.05, 3.63) is 64.7 Å². The number of nitrogens with zero attached hydrogens (tertiary/aromatic N) is 1. The molecule has 30 heavy (non-hydrogen) atoms. The molecule has 0 unspecified atom stereocenters. The van der Waals surface area contributed by atoms with E-state index >= 15 is 0 Å². The predicted molar refractivity (Wildman–Crippen MR) is 120 cm³/mol. The number of sulfone groups is 1. The number of halogens is 1. The highest BCUT2D eigenvalue weighted by molar-refractivity contribution is 7.90. The van der Waals surface area contributed by atoms with E-state index in [0.717, 1.165) is 48.5 Å². The molecule has 0 radical (unpaired) electrons. The van der Waals surface area contributed by atoms with E-state index in [1.54, 1.807) is 24.3 Å². The fourth-order valence-corrected chi connectivity index (χ4v) is 4.76. The summed E-state index contributed by atoms with van der Waals surface area (Å²) in [5, 5.41) is 3.92. The van der Waals surface area contributed by atoms with Crippen molar-refractivity contribution in [2.24, 2.45) is 5.92 Å². The van der Waals surface area contributed by atoms with Crippen LogP contribution in [0.4, 0.5) is 0 Å². The summed E-state index contributed by atoms with van der Waals surface area (Å²) < 4.78 is 23.3. The normalized spacial score (nSPS) is 18.7. The van der Waals surface area contributed by atoms with E-state index in [0.29, 0.717) is 6.54 Å². The van der Waals surface area contributed by atoms with Crippen molar-refractivity contribution in [2.75, 3.05) is 19.3 Å². The van der Waals surface area contributed by atoms with Crippen LogP contribution in [0.5, 0.6) is 0 Å². The molecule has 1 aliphatic rings. The van der Waals surface area contributed by atoms with Crippen LogP contribution < -0.4 is 5.32 Å². The first-order valence-electron chi connectivity index (χ1n) is 10.3. The molecular formula is C23H29ClN2O3S. The van der Waals surface area contributed by atoms with Crippen molar-refractivity contribution >= 4 is 27.3 Å². The minimum Gasteiger partial charge on any atom is -0.349 e. The second-order valence-corrected chi connectivity index (χ2v) is 10.4. The molecule has 0 spiro atoms. The van der Waals surface area contributed by atoms with Gasteiger partial charge in [0.15, 0.2) is 9.84 Å². The van der Waals surface area contributed by atoms with Crippen LogP contribution in [0, 0.1) is 5.92 Å². The SMILES string of the molecule is CC[C@H](NC(=O)[C@@H]1CCCN(Cc2ccccc2Cl)C1)c1ccc(S(C)(=O)=O)cc1. The first-order valence-corrected chi connectivity index (χ1v) is 12.6. The summed E-state index contributed by atoms with van der Waals surface area (Å²) >= 11 is 6.29. The fourth-order valence-electron chi connectivity index (χ4n) is 3.94. The molecule has 0 aromatic heterocycles. The minimum atomic E-state index is -3.23. The zero-order valence-corrected chi connectivity index (χ0v) is 19.0. The van der Waals surface area contributed by atoms with Gasteiger partial charge in [0.1, 0.15) is 0 Å². The molecule has 1 fully saturated rings. The average molecular weight is 449 g/mol. The topological polar surface area (TPSA) is 66.5 Å². The summed E-state index contributed by atoms with van der Waals surface area (Å²) in [6.45, 7) is 4.42. The van der Waals surface area contributed by atoms with Gasteiger partial charge in [0.25, 0.3) is 0 Å². The van der Waals surface area contributed by atoms with Gasteiger partial charge in [-0.25, -0.2) is 8.42 Å². The van der Waals surface area contributed by atoms with Crippen LogP contribution >= 0.6 is 11.6 Å². The number of piperidine rings is 1. The first-order chi connectivity index (χ1) is 14.3. The highest BCUT2D eigenvalue weighted by Crippen LogP contribution is 2.24. The number of amides is 1. The third-order valence-electron chi connectivity index (χ3n) is 5.66. The lowest BCUT2D eigenvalue weighted by molar-refractivity contribution is -0.127. The van der Waals surface area contributed by atoms with Crippen LogP contribution in [0.1, 0.15) is 43.4 Å². The van der Waals surface area contributed by atoms with Gasteiger partial charge in [0, 0.05) is 24.4 Å². The largest absolute Gasteiger partial charge is 0.349 e. The molecule has 5 nitrogen and oxygen atoms in total. The van der Waals surface area contributed by atoms with Crippen LogP contribution in [-0.4, -0.2) is 38.6 Å². The second-order valence-electron chi connectivity index (χ2n) is 7.98. The van der Waals surface area contributed by atoms with E-state index in [2.05, 4.69) is 10.2 Å². The molecule has 7 heteroatoms. The Balaban J connectivity index is 1.63. The molecule has 2 atom stereocenters. The number of rotatable bonds is 7. The number of hydrogen-bond acceptors (Lipinski definition) is 4. The van der Waals surface area contributed by atoms with Crippen molar-refractivity contribution in [3.8, 4) is 0 Å². The Labute approximate surface area is 184 Å². The average Bonchev–Trinajstić information content (AvgIpc) is 2.73. The molecule has 1 amide bonds. The molecule has 3 rings (SSSR count). The summed E-state index contributed by atoms with van der Waals surface area (Å²) in [5.41, 5.74) is 2.00. The highest BCUT2D eigenvalue weighted by Gasteiger charge is 2.27. The number of hydrogen-bond donors (Lipinski definition) is 1. The summed E-state index contributed by atoms with van der Waals surface area (Å²) in [7, 11) is -3.23. The van der Waals surface area contributed by atoms with Crippen molar-refractivity contribution in [2.45, 2.75) is 43.7 Å². The highest BCUT2D eigenvalue weighted by atomic mass is 35.5. The third kappa shape index (κ3) is 5.84. The van der Waals surface area contributed by atoms with Crippen LogP contribution in [0.15, 0.2) is 53.4 Å². The van der Waals surface area contributed by atoms with Gasteiger partial charge in [0.05, 0.1) is 16.9 Å². The van der Waals surface area contributed by atoms with Gasteiger partial charge in [-0.15, -0.1) is 0 Å². The Hall–Kier alpha value is -1.89. The molecule has 1 saturated heterocycles. The van der Waals surface area contributed by atoms with E-state index < -0.39 is 9.84 Å². The van der Waals surface area contributed by atoms with Gasteiger partial charge in [-0.1, -0.05) is 48.9 Å². The Morgan fingerprint density at radius 3 is 2.53 bits per heavy atom. The molecule has 0 saturated carbocycles. The standard InChI is InChI=1S/C23H29ClN2O3S/c1-3-22(17-10-12-20(13-11-17)30(2,28)29)25-23(27)19-8-6-14-26(16-19)15-18-7-4-5-9-21(18)24/h4-5,7,9-13,19,22H,3,6,8,14-16H2,1-2H3,(H,25,27)/t19-,22+/m1/s1. The van der Waals surface area contributed by atoms with E-state index in [9.17, 15) is 13.2 Å². The smallest absolute Gasteiger partial charge is 0.224 e. The van der Waals surface area contributed by atoms with Gasteiger partial charge < -0.3 is 5.32 Å². The number of carbonyl (C=O) groups excluding carboxylic acids is 1. The molecule has 1 N–H and O–H groups in total. The summed E-state index contributed by atoms with van der Waals surface area (Å²) in [4.78, 5) is 15.5. The van der Waals surface area contributed by atoms with Crippen LogP contribution in [0.25, 0.3) is 0 Å². The maximum atomic E-state index is 13.0. The number of carbonyl (C=O) groups is 1. The minimum absolute atomic E-state index is 0.0536. The maximum absolute atomic E-state index is 13.0. The summed E-state index contributed by atoms with van der Waals surface area (Å²) in [5.74, 6) is -0.0107. The fraction of sp³-hybridized carbons (Fsp3) is 0.435. The van der Waals surface area contributed by atoms with E-state index in [-0.39, 0.29) is 22.8 Å². The Kier molecular flexibility index (Phi) is 7.55. The Morgan fingerprint density at radius 2 is 1.90 bits per heavy atom. The van der Waals surface area contributed by atoms with Crippen LogP contribution in [0.2, 0.25) is 5.02 Å². The summed E-state index contributed by atoms with van der Waals surface area (Å²) in [6.07, 6.45) is 3.77. The van der Waals surface area contributed by atoms with Crippen molar-refractivity contribution in [1.82, 2.24) is 10.2 Å². The van der Waals surface area contributed by atoms with Crippen molar-refractivity contribution in [1.29, 1.82) is 0 Å². The maximum Gasteiger partial charge on any atom is 0.224 e. The van der Waals surface area contributed by atoms with E-state index in [1.165, 1.54) is 6.26 Å². The number of benzene rings is 2. The van der Waals surface area contributed by atoms with E-state index in [1.807, 2.05) is 31.2 Å². The summed E-state index contributed by atoms with van der Waals surface area (Å²) in [6, 6.07) is 14.5. The second kappa shape index (κ2) is 9.94. The van der Waals surface area contributed by atoms with Gasteiger partial charge >= 0.3 is 0 Å². The molecule has 0 bridgehead atoms. The Morgan fingerprint density at radius 1 is 1.20 bits per heavy atom. The quantitative estimate of drug-likeness (QED) is 0.688. The van der Waals surface area contributed by atoms with Crippen molar-refractivity contribution < 1.29 is 13.2 Å².